The first-order valence-electron chi connectivity index (χ1n) is 7.17. The standard InChI is InChI=1S/C19H14N2S/c1-3-8-14(9-4-1)17-18(15-10-5-2-6-11-15)22-19(21-17)16-12-7-13-20-16/h1-13,20H. The quantitative estimate of drug-likeness (QED) is 0.534. The predicted octanol–water partition coefficient (Wildman–Crippen LogP) is 5.47. The van der Waals surface area contributed by atoms with E-state index in [2.05, 4.69) is 59.6 Å². The van der Waals surface area contributed by atoms with E-state index in [1.807, 2.05) is 24.4 Å². The highest BCUT2D eigenvalue weighted by atomic mass is 32.1. The molecule has 0 amide bonds. The Bertz CT molecular complexity index is 805. The summed E-state index contributed by atoms with van der Waals surface area (Å²) in [5, 5.41) is 1.02. The van der Waals surface area contributed by atoms with Crippen LogP contribution in [0.4, 0.5) is 0 Å². The van der Waals surface area contributed by atoms with Crippen LogP contribution in [0.3, 0.4) is 0 Å². The molecule has 4 aromatic rings. The Morgan fingerprint density at radius 2 is 1.41 bits per heavy atom. The van der Waals surface area contributed by atoms with E-state index in [1.165, 1.54) is 10.4 Å². The Morgan fingerprint density at radius 3 is 2.05 bits per heavy atom. The van der Waals surface area contributed by atoms with Crippen molar-refractivity contribution in [1.29, 1.82) is 0 Å². The maximum Gasteiger partial charge on any atom is 0.140 e. The lowest BCUT2D eigenvalue weighted by Gasteiger charge is -2.02. The zero-order valence-electron chi connectivity index (χ0n) is 11.9. The van der Waals surface area contributed by atoms with Gasteiger partial charge in [0.2, 0.25) is 0 Å². The SMILES string of the molecule is c1ccc(-c2nc(-c3ccc[nH]3)sc2-c2ccccc2)cc1. The van der Waals surface area contributed by atoms with E-state index >= 15 is 0 Å². The van der Waals surface area contributed by atoms with Crippen LogP contribution in [0.1, 0.15) is 0 Å². The summed E-state index contributed by atoms with van der Waals surface area (Å²) < 4.78 is 0. The second kappa shape index (κ2) is 5.62. The summed E-state index contributed by atoms with van der Waals surface area (Å²) in [6.07, 6.45) is 1.93. The molecule has 0 aliphatic heterocycles. The third-order valence-corrected chi connectivity index (χ3v) is 4.68. The third kappa shape index (κ3) is 2.36. The molecule has 1 N–H and O–H groups in total. The number of rotatable bonds is 3. The summed E-state index contributed by atoms with van der Waals surface area (Å²) in [6, 6.07) is 24.9. The monoisotopic (exact) mass is 302 g/mol. The molecule has 0 fully saturated rings. The summed E-state index contributed by atoms with van der Waals surface area (Å²) in [4.78, 5) is 9.34. The fraction of sp³-hybridized carbons (Fsp3) is 0. The van der Waals surface area contributed by atoms with Gasteiger partial charge < -0.3 is 4.98 Å². The molecule has 0 atom stereocenters. The summed E-state index contributed by atoms with van der Waals surface area (Å²) in [7, 11) is 0. The molecular formula is C19H14N2S. The molecule has 0 unspecified atom stereocenters. The van der Waals surface area contributed by atoms with Crippen molar-refractivity contribution in [3.05, 3.63) is 79.0 Å². The fourth-order valence-corrected chi connectivity index (χ4v) is 3.56. The van der Waals surface area contributed by atoms with Gasteiger partial charge in [0.15, 0.2) is 0 Å². The molecule has 0 bridgehead atoms. The molecule has 2 nitrogen and oxygen atoms in total. The molecular weight excluding hydrogens is 288 g/mol. The Morgan fingerprint density at radius 1 is 0.727 bits per heavy atom. The lowest BCUT2D eigenvalue weighted by atomic mass is 10.1. The van der Waals surface area contributed by atoms with Crippen LogP contribution < -0.4 is 0 Å². The van der Waals surface area contributed by atoms with E-state index in [4.69, 9.17) is 4.98 Å². The van der Waals surface area contributed by atoms with Crippen molar-refractivity contribution in [3.63, 3.8) is 0 Å². The van der Waals surface area contributed by atoms with E-state index in [0.717, 1.165) is 22.0 Å². The lowest BCUT2D eigenvalue weighted by molar-refractivity contribution is 1.34. The molecule has 0 saturated carbocycles. The van der Waals surface area contributed by atoms with Gasteiger partial charge in [-0.05, 0) is 17.7 Å². The van der Waals surface area contributed by atoms with Gasteiger partial charge in [-0.25, -0.2) is 4.98 Å². The van der Waals surface area contributed by atoms with Crippen LogP contribution in [-0.4, -0.2) is 9.97 Å². The highest BCUT2D eigenvalue weighted by molar-refractivity contribution is 7.18. The Hall–Kier alpha value is -2.65. The highest BCUT2D eigenvalue weighted by Gasteiger charge is 2.15. The summed E-state index contributed by atoms with van der Waals surface area (Å²) in [5.41, 5.74) is 4.46. The predicted molar refractivity (Wildman–Crippen MR) is 92.8 cm³/mol. The number of aromatic amines is 1. The minimum absolute atomic E-state index is 1.02. The number of benzene rings is 2. The molecule has 0 saturated heterocycles. The van der Waals surface area contributed by atoms with Gasteiger partial charge in [0.25, 0.3) is 0 Å². The fourth-order valence-electron chi connectivity index (χ4n) is 2.48. The van der Waals surface area contributed by atoms with Gasteiger partial charge in [0.05, 0.1) is 16.3 Å². The number of nitrogens with zero attached hydrogens (tertiary/aromatic N) is 1. The number of hydrogen-bond donors (Lipinski definition) is 1. The van der Waals surface area contributed by atoms with Crippen LogP contribution in [0.5, 0.6) is 0 Å². The molecule has 0 aliphatic carbocycles. The molecule has 0 aliphatic rings. The average Bonchev–Trinajstić information content (AvgIpc) is 3.26. The van der Waals surface area contributed by atoms with E-state index < -0.39 is 0 Å². The normalized spacial score (nSPS) is 10.7. The van der Waals surface area contributed by atoms with Gasteiger partial charge in [0.1, 0.15) is 5.01 Å². The molecule has 2 aromatic heterocycles. The Balaban J connectivity index is 1.92. The molecule has 2 aromatic carbocycles. The van der Waals surface area contributed by atoms with Gasteiger partial charge in [0, 0.05) is 11.8 Å². The van der Waals surface area contributed by atoms with Crippen molar-refractivity contribution in [2.24, 2.45) is 0 Å². The van der Waals surface area contributed by atoms with Gasteiger partial charge in [-0.2, -0.15) is 0 Å². The van der Waals surface area contributed by atoms with Crippen LogP contribution in [-0.2, 0) is 0 Å². The first kappa shape index (κ1) is 13.0. The van der Waals surface area contributed by atoms with Crippen molar-refractivity contribution >= 4 is 11.3 Å². The molecule has 4 rings (SSSR count). The lowest BCUT2D eigenvalue weighted by Crippen LogP contribution is -1.82. The summed E-state index contributed by atoms with van der Waals surface area (Å²) in [5.74, 6) is 0. The van der Waals surface area contributed by atoms with Crippen molar-refractivity contribution < 1.29 is 0 Å². The minimum Gasteiger partial charge on any atom is -0.359 e. The van der Waals surface area contributed by atoms with E-state index in [-0.39, 0.29) is 0 Å². The van der Waals surface area contributed by atoms with Crippen LogP contribution in [0.25, 0.3) is 32.4 Å². The number of nitrogens with one attached hydrogen (secondary N) is 1. The van der Waals surface area contributed by atoms with Crippen molar-refractivity contribution in [3.8, 4) is 32.4 Å². The molecule has 0 spiro atoms. The number of aromatic nitrogens is 2. The maximum atomic E-state index is 4.89. The van der Waals surface area contributed by atoms with Gasteiger partial charge in [-0.15, -0.1) is 11.3 Å². The largest absolute Gasteiger partial charge is 0.359 e. The Kier molecular flexibility index (Phi) is 3.33. The van der Waals surface area contributed by atoms with Crippen molar-refractivity contribution in [2.75, 3.05) is 0 Å². The molecule has 0 radical (unpaired) electrons. The molecule has 2 heterocycles. The van der Waals surface area contributed by atoms with Gasteiger partial charge in [-0.3, -0.25) is 0 Å². The minimum atomic E-state index is 1.02. The van der Waals surface area contributed by atoms with Gasteiger partial charge in [-0.1, -0.05) is 60.7 Å². The van der Waals surface area contributed by atoms with Gasteiger partial charge >= 0.3 is 0 Å². The van der Waals surface area contributed by atoms with Crippen LogP contribution in [0, 0.1) is 0 Å². The molecule has 106 valence electrons. The average molecular weight is 302 g/mol. The maximum absolute atomic E-state index is 4.89. The van der Waals surface area contributed by atoms with Crippen LogP contribution in [0.15, 0.2) is 79.0 Å². The van der Waals surface area contributed by atoms with Crippen molar-refractivity contribution in [2.45, 2.75) is 0 Å². The number of hydrogen-bond acceptors (Lipinski definition) is 2. The third-order valence-electron chi connectivity index (χ3n) is 3.54. The molecule has 3 heteroatoms. The first-order chi connectivity index (χ1) is 10.9. The summed E-state index contributed by atoms with van der Waals surface area (Å²) in [6.45, 7) is 0. The van der Waals surface area contributed by atoms with E-state index in [0.29, 0.717) is 0 Å². The zero-order valence-corrected chi connectivity index (χ0v) is 12.7. The summed E-state index contributed by atoms with van der Waals surface area (Å²) >= 11 is 1.72. The molecule has 22 heavy (non-hydrogen) atoms. The topological polar surface area (TPSA) is 28.7 Å². The van der Waals surface area contributed by atoms with E-state index in [9.17, 15) is 0 Å². The Labute approximate surface area is 133 Å². The smallest absolute Gasteiger partial charge is 0.140 e. The van der Waals surface area contributed by atoms with Crippen LogP contribution in [0.2, 0.25) is 0 Å². The first-order valence-corrected chi connectivity index (χ1v) is 7.99. The van der Waals surface area contributed by atoms with Crippen LogP contribution >= 0.6 is 11.3 Å². The second-order valence-corrected chi connectivity index (χ2v) is 6.01. The zero-order chi connectivity index (χ0) is 14.8. The highest BCUT2D eigenvalue weighted by Crippen LogP contribution is 2.39. The number of H-pyrrole nitrogens is 1. The van der Waals surface area contributed by atoms with E-state index in [1.54, 1.807) is 11.3 Å². The number of thiazole rings is 1. The second-order valence-electron chi connectivity index (χ2n) is 5.01. The van der Waals surface area contributed by atoms with Crippen molar-refractivity contribution in [1.82, 2.24) is 9.97 Å².